The van der Waals surface area contributed by atoms with Gasteiger partial charge >= 0.3 is 0 Å². The van der Waals surface area contributed by atoms with E-state index in [1.54, 1.807) is 10.4 Å². The number of sulfonamides is 1. The average Bonchev–Trinajstić information content (AvgIpc) is 2.89. The van der Waals surface area contributed by atoms with Crippen molar-refractivity contribution in [1.82, 2.24) is 9.62 Å². The van der Waals surface area contributed by atoms with E-state index in [4.69, 9.17) is 0 Å². The molecular weight excluding hydrogens is 292 g/mol. The summed E-state index contributed by atoms with van der Waals surface area (Å²) in [5, 5.41) is 3.31. The van der Waals surface area contributed by atoms with E-state index in [0.717, 1.165) is 43.6 Å². The molecule has 4 nitrogen and oxygen atoms in total. The normalized spacial score (nSPS) is 21.2. The highest BCUT2D eigenvalue weighted by atomic mass is 32.2. The minimum atomic E-state index is -3.30. The smallest absolute Gasteiger partial charge is 0.252 e. The van der Waals surface area contributed by atoms with Gasteiger partial charge in [0.2, 0.25) is 0 Å². The Morgan fingerprint density at radius 3 is 2.90 bits per heavy atom. The summed E-state index contributed by atoms with van der Waals surface area (Å²) in [4.78, 5) is 1.08. The number of hydrogen-bond donors (Lipinski definition) is 1. The van der Waals surface area contributed by atoms with Gasteiger partial charge in [0.1, 0.15) is 4.21 Å². The number of nitrogens with zero attached hydrogens (tertiary/aromatic N) is 1. The summed E-state index contributed by atoms with van der Waals surface area (Å²) in [6.07, 6.45) is 4.15. The zero-order valence-electron chi connectivity index (χ0n) is 12.3. The maximum Gasteiger partial charge on any atom is 0.252 e. The molecule has 1 atom stereocenters. The average molecular weight is 316 g/mol. The van der Waals surface area contributed by atoms with Gasteiger partial charge in [-0.2, -0.15) is 4.31 Å². The molecule has 1 N–H and O–H groups in total. The SMILES string of the molecule is CCCNCc1ccc(S(=O)(=O)N2CCCCC2C)s1. The molecule has 0 radical (unpaired) electrons. The second-order valence-electron chi connectivity index (χ2n) is 5.36. The lowest BCUT2D eigenvalue weighted by Gasteiger charge is -2.31. The second-order valence-corrected chi connectivity index (χ2v) is 8.64. The van der Waals surface area contributed by atoms with Crippen LogP contribution in [-0.2, 0) is 16.6 Å². The Balaban J connectivity index is 2.09. The topological polar surface area (TPSA) is 49.4 Å². The summed E-state index contributed by atoms with van der Waals surface area (Å²) in [6, 6.07) is 3.80. The van der Waals surface area contributed by atoms with E-state index >= 15 is 0 Å². The quantitative estimate of drug-likeness (QED) is 0.821. The van der Waals surface area contributed by atoms with Gasteiger partial charge in [-0.25, -0.2) is 8.42 Å². The maximum atomic E-state index is 12.7. The van der Waals surface area contributed by atoms with Crippen LogP contribution in [0, 0.1) is 0 Å². The first-order chi connectivity index (χ1) is 9.55. The van der Waals surface area contributed by atoms with Crippen LogP contribution in [-0.4, -0.2) is 31.9 Å². The fourth-order valence-electron chi connectivity index (χ4n) is 2.52. The van der Waals surface area contributed by atoms with Crippen molar-refractivity contribution in [3.05, 3.63) is 17.0 Å². The zero-order valence-corrected chi connectivity index (χ0v) is 13.9. The molecule has 1 saturated heterocycles. The predicted molar refractivity (Wildman–Crippen MR) is 83.5 cm³/mol. The van der Waals surface area contributed by atoms with Crippen LogP contribution in [0.5, 0.6) is 0 Å². The largest absolute Gasteiger partial charge is 0.312 e. The molecule has 0 bridgehead atoms. The van der Waals surface area contributed by atoms with Gasteiger partial charge in [-0.05, 0) is 44.9 Å². The predicted octanol–water partition coefficient (Wildman–Crippen LogP) is 2.81. The molecular formula is C14H24N2O2S2. The van der Waals surface area contributed by atoms with Crippen LogP contribution in [0.3, 0.4) is 0 Å². The van der Waals surface area contributed by atoms with E-state index < -0.39 is 10.0 Å². The minimum Gasteiger partial charge on any atom is -0.312 e. The number of rotatable bonds is 6. The molecule has 2 heterocycles. The maximum absolute atomic E-state index is 12.7. The summed E-state index contributed by atoms with van der Waals surface area (Å²) in [7, 11) is -3.30. The van der Waals surface area contributed by atoms with Crippen LogP contribution in [0.1, 0.15) is 44.4 Å². The Kier molecular flexibility index (Phi) is 5.60. The standard InChI is InChI=1S/C14H24N2O2S2/c1-3-9-15-11-13-7-8-14(19-13)20(17,18)16-10-5-4-6-12(16)2/h7-8,12,15H,3-6,9-11H2,1-2H3. The lowest BCUT2D eigenvalue weighted by molar-refractivity contribution is 0.269. The molecule has 1 aliphatic heterocycles. The van der Waals surface area contributed by atoms with Crippen LogP contribution < -0.4 is 5.32 Å². The molecule has 114 valence electrons. The number of piperidine rings is 1. The van der Waals surface area contributed by atoms with Gasteiger partial charge in [0.25, 0.3) is 10.0 Å². The molecule has 1 aromatic heterocycles. The van der Waals surface area contributed by atoms with Gasteiger partial charge < -0.3 is 5.32 Å². The molecule has 1 fully saturated rings. The van der Waals surface area contributed by atoms with E-state index in [0.29, 0.717) is 10.8 Å². The molecule has 1 aromatic rings. The first-order valence-corrected chi connectivity index (χ1v) is 9.62. The summed E-state index contributed by atoms with van der Waals surface area (Å²) in [5.74, 6) is 0. The second kappa shape index (κ2) is 7.02. The van der Waals surface area contributed by atoms with Crippen LogP contribution in [0.2, 0.25) is 0 Å². The van der Waals surface area contributed by atoms with Crippen molar-refractivity contribution in [2.45, 2.75) is 56.3 Å². The minimum absolute atomic E-state index is 0.123. The third kappa shape index (κ3) is 3.61. The van der Waals surface area contributed by atoms with Gasteiger partial charge in [0.05, 0.1) is 0 Å². The molecule has 0 aromatic carbocycles. The van der Waals surface area contributed by atoms with Gasteiger partial charge in [-0.15, -0.1) is 11.3 Å². The Morgan fingerprint density at radius 2 is 2.20 bits per heavy atom. The molecule has 20 heavy (non-hydrogen) atoms. The van der Waals surface area contributed by atoms with Gasteiger partial charge in [0, 0.05) is 24.0 Å². The van der Waals surface area contributed by atoms with Crippen LogP contribution in [0.15, 0.2) is 16.3 Å². The summed E-state index contributed by atoms with van der Waals surface area (Å²) >= 11 is 1.39. The van der Waals surface area contributed by atoms with E-state index in [-0.39, 0.29) is 6.04 Å². The van der Waals surface area contributed by atoms with Crippen LogP contribution in [0.25, 0.3) is 0 Å². The fraction of sp³-hybridized carbons (Fsp3) is 0.714. The van der Waals surface area contributed by atoms with Gasteiger partial charge in [-0.3, -0.25) is 0 Å². The Labute approximate surface area is 126 Å². The highest BCUT2D eigenvalue weighted by Crippen LogP contribution is 2.29. The van der Waals surface area contributed by atoms with Crippen molar-refractivity contribution in [2.24, 2.45) is 0 Å². The molecule has 2 rings (SSSR count). The number of hydrogen-bond acceptors (Lipinski definition) is 4. The Morgan fingerprint density at radius 1 is 1.40 bits per heavy atom. The van der Waals surface area contributed by atoms with Crippen molar-refractivity contribution in [3.63, 3.8) is 0 Å². The third-order valence-electron chi connectivity index (χ3n) is 3.67. The van der Waals surface area contributed by atoms with Crippen molar-refractivity contribution in [1.29, 1.82) is 0 Å². The zero-order chi connectivity index (χ0) is 14.6. The molecule has 0 aliphatic carbocycles. The van der Waals surface area contributed by atoms with Crippen molar-refractivity contribution < 1.29 is 8.42 Å². The monoisotopic (exact) mass is 316 g/mol. The van der Waals surface area contributed by atoms with Crippen molar-refractivity contribution in [3.8, 4) is 0 Å². The van der Waals surface area contributed by atoms with E-state index in [1.807, 2.05) is 13.0 Å². The highest BCUT2D eigenvalue weighted by Gasteiger charge is 2.31. The summed E-state index contributed by atoms with van der Waals surface area (Å²) in [6.45, 7) is 6.50. The Hall–Kier alpha value is -0.430. The first kappa shape index (κ1) is 15.9. The van der Waals surface area contributed by atoms with Gasteiger partial charge in [-0.1, -0.05) is 13.3 Å². The van der Waals surface area contributed by atoms with Gasteiger partial charge in [0.15, 0.2) is 0 Å². The molecule has 0 spiro atoms. The molecule has 1 unspecified atom stereocenters. The lowest BCUT2D eigenvalue weighted by atomic mass is 10.1. The molecule has 6 heteroatoms. The first-order valence-electron chi connectivity index (χ1n) is 7.37. The van der Waals surface area contributed by atoms with E-state index in [2.05, 4.69) is 12.2 Å². The van der Waals surface area contributed by atoms with Crippen LogP contribution in [0.4, 0.5) is 0 Å². The van der Waals surface area contributed by atoms with Crippen molar-refractivity contribution in [2.75, 3.05) is 13.1 Å². The number of thiophene rings is 1. The third-order valence-corrected chi connectivity index (χ3v) is 7.23. The summed E-state index contributed by atoms with van der Waals surface area (Å²) < 4.78 is 27.5. The van der Waals surface area contributed by atoms with Crippen LogP contribution >= 0.6 is 11.3 Å². The molecule has 1 aliphatic rings. The highest BCUT2D eigenvalue weighted by molar-refractivity contribution is 7.91. The molecule has 0 saturated carbocycles. The summed E-state index contributed by atoms with van der Waals surface area (Å²) in [5.41, 5.74) is 0. The molecule has 0 amide bonds. The van der Waals surface area contributed by atoms with E-state index in [1.165, 1.54) is 11.3 Å². The lowest BCUT2D eigenvalue weighted by Crippen LogP contribution is -2.41. The van der Waals surface area contributed by atoms with E-state index in [9.17, 15) is 8.42 Å². The number of nitrogens with one attached hydrogen (secondary N) is 1. The fourth-order valence-corrected chi connectivity index (χ4v) is 5.68. The Bertz CT molecular complexity index is 525. The van der Waals surface area contributed by atoms with Crippen molar-refractivity contribution >= 4 is 21.4 Å².